The van der Waals surface area contributed by atoms with Crippen LogP contribution in [0.2, 0.25) is 0 Å². The minimum atomic E-state index is -0.125. The fraction of sp³-hybridized carbons (Fsp3) is 0.500. The molecular formula is C12H19N3O. The molecule has 0 amide bonds. The number of nitrogen functional groups attached to an aromatic ring is 1. The summed E-state index contributed by atoms with van der Waals surface area (Å²) in [5.41, 5.74) is 6.73. The molecule has 0 radical (unpaired) electrons. The molecule has 1 heterocycles. The van der Waals surface area contributed by atoms with E-state index in [4.69, 9.17) is 15.9 Å². The SMILES string of the molecule is CCC(C)(C)OCc1ccnc(C(=N)N)c1. The van der Waals surface area contributed by atoms with Crippen LogP contribution in [0.15, 0.2) is 18.3 Å². The molecule has 88 valence electrons. The van der Waals surface area contributed by atoms with Gasteiger partial charge < -0.3 is 10.5 Å². The Bertz CT molecular complexity index is 374. The van der Waals surface area contributed by atoms with Crippen LogP contribution in [-0.4, -0.2) is 16.4 Å². The van der Waals surface area contributed by atoms with Crippen LogP contribution >= 0.6 is 0 Å². The number of nitrogens with two attached hydrogens (primary N) is 1. The molecule has 16 heavy (non-hydrogen) atoms. The van der Waals surface area contributed by atoms with E-state index in [9.17, 15) is 0 Å². The molecule has 1 aromatic rings. The summed E-state index contributed by atoms with van der Waals surface area (Å²) in [4.78, 5) is 4.00. The first-order valence-corrected chi connectivity index (χ1v) is 5.38. The Morgan fingerprint density at radius 3 is 2.81 bits per heavy atom. The van der Waals surface area contributed by atoms with E-state index < -0.39 is 0 Å². The van der Waals surface area contributed by atoms with E-state index in [1.807, 2.05) is 6.07 Å². The van der Waals surface area contributed by atoms with Gasteiger partial charge in [0.1, 0.15) is 11.5 Å². The van der Waals surface area contributed by atoms with Gasteiger partial charge in [-0.2, -0.15) is 0 Å². The van der Waals surface area contributed by atoms with Crippen LogP contribution in [0.1, 0.15) is 38.4 Å². The third-order valence-electron chi connectivity index (χ3n) is 2.58. The number of hydrogen-bond acceptors (Lipinski definition) is 3. The second-order valence-corrected chi connectivity index (χ2v) is 4.36. The highest BCUT2D eigenvalue weighted by atomic mass is 16.5. The molecule has 0 aliphatic rings. The van der Waals surface area contributed by atoms with Crippen molar-refractivity contribution in [3.05, 3.63) is 29.6 Å². The second-order valence-electron chi connectivity index (χ2n) is 4.36. The summed E-state index contributed by atoms with van der Waals surface area (Å²) >= 11 is 0. The van der Waals surface area contributed by atoms with Crippen molar-refractivity contribution < 1.29 is 4.74 Å². The molecule has 0 aliphatic heterocycles. The molecule has 4 nitrogen and oxygen atoms in total. The minimum Gasteiger partial charge on any atom is -0.382 e. The quantitative estimate of drug-likeness (QED) is 0.590. The number of nitrogens with one attached hydrogen (secondary N) is 1. The standard InChI is InChI=1S/C12H19N3O/c1-4-12(2,3)16-8-9-5-6-15-10(7-9)11(13)14/h5-7H,4,8H2,1-3H3,(H3,13,14). The van der Waals surface area contributed by atoms with Gasteiger partial charge in [0.15, 0.2) is 0 Å². The molecule has 4 heteroatoms. The summed E-state index contributed by atoms with van der Waals surface area (Å²) in [6.45, 7) is 6.72. The van der Waals surface area contributed by atoms with Gasteiger partial charge in [-0.25, -0.2) is 0 Å². The molecule has 0 saturated heterocycles. The maximum absolute atomic E-state index is 7.30. The number of hydrogen-bond donors (Lipinski definition) is 2. The molecule has 3 N–H and O–H groups in total. The van der Waals surface area contributed by atoms with Crippen LogP contribution in [-0.2, 0) is 11.3 Å². The molecule has 0 spiro atoms. The average molecular weight is 221 g/mol. The molecule has 1 aromatic heterocycles. The third-order valence-corrected chi connectivity index (χ3v) is 2.58. The summed E-state index contributed by atoms with van der Waals surface area (Å²) in [5, 5.41) is 7.30. The molecule has 0 saturated carbocycles. The smallest absolute Gasteiger partial charge is 0.141 e. The van der Waals surface area contributed by atoms with E-state index in [1.54, 1.807) is 12.3 Å². The van der Waals surface area contributed by atoms with Gasteiger partial charge in [-0.15, -0.1) is 0 Å². The summed E-state index contributed by atoms with van der Waals surface area (Å²) < 4.78 is 5.76. The van der Waals surface area contributed by atoms with Gasteiger partial charge in [-0.05, 0) is 38.0 Å². The van der Waals surface area contributed by atoms with Crippen molar-refractivity contribution in [1.29, 1.82) is 5.41 Å². The maximum Gasteiger partial charge on any atom is 0.141 e. The number of ether oxygens (including phenoxy) is 1. The number of nitrogens with zero attached hydrogens (tertiary/aromatic N) is 1. The number of aromatic nitrogens is 1. The van der Waals surface area contributed by atoms with Gasteiger partial charge in [0, 0.05) is 6.20 Å². The lowest BCUT2D eigenvalue weighted by Gasteiger charge is -2.23. The zero-order valence-electron chi connectivity index (χ0n) is 10.1. The Labute approximate surface area is 96.3 Å². The van der Waals surface area contributed by atoms with Crippen LogP contribution in [0.4, 0.5) is 0 Å². The van der Waals surface area contributed by atoms with Crippen LogP contribution in [0.5, 0.6) is 0 Å². The lowest BCUT2D eigenvalue weighted by molar-refractivity contribution is -0.0316. The van der Waals surface area contributed by atoms with Crippen LogP contribution in [0.3, 0.4) is 0 Å². The highest BCUT2D eigenvalue weighted by Crippen LogP contribution is 2.16. The normalized spacial score (nSPS) is 11.4. The van der Waals surface area contributed by atoms with Crippen LogP contribution in [0, 0.1) is 5.41 Å². The number of amidine groups is 1. The van der Waals surface area contributed by atoms with Crippen molar-refractivity contribution in [2.75, 3.05) is 0 Å². The van der Waals surface area contributed by atoms with E-state index in [1.165, 1.54) is 0 Å². The molecule has 0 aromatic carbocycles. The Morgan fingerprint density at radius 1 is 1.56 bits per heavy atom. The van der Waals surface area contributed by atoms with Crippen molar-refractivity contribution in [1.82, 2.24) is 4.98 Å². The second kappa shape index (κ2) is 5.07. The van der Waals surface area contributed by atoms with Gasteiger partial charge in [-0.3, -0.25) is 10.4 Å². The summed E-state index contributed by atoms with van der Waals surface area (Å²) in [6.07, 6.45) is 2.60. The average Bonchev–Trinajstić information content (AvgIpc) is 2.27. The fourth-order valence-electron chi connectivity index (χ4n) is 1.09. The minimum absolute atomic E-state index is 0.0170. The Kier molecular flexibility index (Phi) is 4.01. The highest BCUT2D eigenvalue weighted by molar-refractivity contribution is 5.93. The molecule has 0 bridgehead atoms. The summed E-state index contributed by atoms with van der Waals surface area (Å²) in [7, 11) is 0. The topological polar surface area (TPSA) is 72.0 Å². The lowest BCUT2D eigenvalue weighted by Crippen LogP contribution is -2.23. The summed E-state index contributed by atoms with van der Waals surface area (Å²) in [5.74, 6) is -0.0170. The first kappa shape index (κ1) is 12.6. The fourth-order valence-corrected chi connectivity index (χ4v) is 1.09. The van der Waals surface area contributed by atoms with Crippen LogP contribution in [0.25, 0.3) is 0 Å². The third kappa shape index (κ3) is 3.62. The van der Waals surface area contributed by atoms with Crippen molar-refractivity contribution in [3.8, 4) is 0 Å². The first-order valence-electron chi connectivity index (χ1n) is 5.38. The zero-order chi connectivity index (χ0) is 12.2. The molecule has 0 aliphatic carbocycles. The van der Waals surface area contributed by atoms with Crippen molar-refractivity contribution in [2.45, 2.75) is 39.4 Å². The largest absolute Gasteiger partial charge is 0.382 e. The number of pyridine rings is 1. The van der Waals surface area contributed by atoms with Gasteiger partial charge >= 0.3 is 0 Å². The van der Waals surface area contributed by atoms with Crippen LogP contribution < -0.4 is 5.73 Å². The molecule has 1 rings (SSSR count). The van der Waals surface area contributed by atoms with Crippen molar-refractivity contribution in [3.63, 3.8) is 0 Å². The predicted molar refractivity (Wildman–Crippen MR) is 64.4 cm³/mol. The molecule has 0 atom stereocenters. The van der Waals surface area contributed by atoms with Gasteiger partial charge in [-0.1, -0.05) is 6.92 Å². The maximum atomic E-state index is 7.30. The number of rotatable bonds is 5. The van der Waals surface area contributed by atoms with E-state index in [-0.39, 0.29) is 11.4 Å². The van der Waals surface area contributed by atoms with Gasteiger partial charge in [0.25, 0.3) is 0 Å². The van der Waals surface area contributed by atoms with E-state index in [0.717, 1.165) is 12.0 Å². The predicted octanol–water partition coefficient (Wildman–Crippen LogP) is 2.07. The monoisotopic (exact) mass is 221 g/mol. The molecule has 0 unspecified atom stereocenters. The van der Waals surface area contributed by atoms with E-state index in [0.29, 0.717) is 12.3 Å². The van der Waals surface area contributed by atoms with E-state index in [2.05, 4.69) is 25.8 Å². The Balaban J connectivity index is 2.68. The molecular weight excluding hydrogens is 202 g/mol. The molecule has 0 fully saturated rings. The van der Waals surface area contributed by atoms with Crippen molar-refractivity contribution >= 4 is 5.84 Å². The van der Waals surface area contributed by atoms with Crippen molar-refractivity contribution in [2.24, 2.45) is 5.73 Å². The van der Waals surface area contributed by atoms with E-state index >= 15 is 0 Å². The zero-order valence-corrected chi connectivity index (χ0v) is 10.1. The lowest BCUT2D eigenvalue weighted by atomic mass is 10.1. The van der Waals surface area contributed by atoms with Gasteiger partial charge in [0.05, 0.1) is 12.2 Å². The first-order chi connectivity index (χ1) is 7.44. The Morgan fingerprint density at radius 2 is 2.25 bits per heavy atom. The van der Waals surface area contributed by atoms with Gasteiger partial charge in [0.2, 0.25) is 0 Å². The highest BCUT2D eigenvalue weighted by Gasteiger charge is 2.15. The Hall–Kier alpha value is -1.42. The summed E-state index contributed by atoms with van der Waals surface area (Å²) in [6, 6.07) is 3.66.